The van der Waals surface area contributed by atoms with Gasteiger partial charge >= 0.3 is 0 Å². The number of methoxy groups -OCH3 is 1. The van der Waals surface area contributed by atoms with Crippen molar-refractivity contribution in [2.45, 2.75) is 18.8 Å². The summed E-state index contributed by atoms with van der Waals surface area (Å²) in [6.07, 6.45) is 1.59. The van der Waals surface area contributed by atoms with Crippen LogP contribution in [0, 0.1) is 0 Å². The Kier molecular flexibility index (Phi) is 2.46. The van der Waals surface area contributed by atoms with E-state index in [1.165, 1.54) is 0 Å². The molecule has 0 amide bonds. The minimum atomic E-state index is 0.00338. The molecule has 3 heteroatoms. The number of Topliss-reactive ketones (excluding diaryl/α,β-unsaturated/α-hetero) is 1. The van der Waals surface area contributed by atoms with E-state index in [0.717, 1.165) is 17.7 Å². The van der Waals surface area contributed by atoms with Gasteiger partial charge in [0.1, 0.15) is 11.5 Å². The lowest BCUT2D eigenvalue weighted by atomic mass is 9.78. The summed E-state index contributed by atoms with van der Waals surface area (Å²) in [7, 11) is 1.61. The van der Waals surface area contributed by atoms with E-state index in [4.69, 9.17) is 16.3 Å². The molecule has 0 heterocycles. The highest BCUT2D eigenvalue weighted by Gasteiger charge is 2.31. The molecule has 0 bridgehead atoms. The van der Waals surface area contributed by atoms with Gasteiger partial charge in [0, 0.05) is 22.9 Å². The maximum absolute atomic E-state index is 11.3. The van der Waals surface area contributed by atoms with Crippen LogP contribution in [-0.2, 0) is 4.79 Å². The standard InChI is InChI=1S/C11H11ClO2/c1-14-11-5-2-7(12)6-9(11)8-3-4-10(8)13/h2,5-6,8H,3-4H2,1H3. The van der Waals surface area contributed by atoms with Crippen LogP contribution in [0.2, 0.25) is 5.02 Å². The van der Waals surface area contributed by atoms with E-state index in [1.54, 1.807) is 13.2 Å². The van der Waals surface area contributed by atoms with Gasteiger partial charge in [-0.3, -0.25) is 4.79 Å². The molecule has 0 aliphatic heterocycles. The van der Waals surface area contributed by atoms with Crippen LogP contribution in [0.3, 0.4) is 0 Å². The van der Waals surface area contributed by atoms with Gasteiger partial charge in [-0.25, -0.2) is 0 Å². The molecule has 1 atom stereocenters. The summed E-state index contributed by atoms with van der Waals surface area (Å²) in [6, 6.07) is 5.40. The smallest absolute Gasteiger partial charge is 0.140 e. The van der Waals surface area contributed by atoms with Gasteiger partial charge < -0.3 is 4.74 Å². The molecule has 1 aromatic rings. The summed E-state index contributed by atoms with van der Waals surface area (Å²) in [4.78, 5) is 11.3. The minimum absolute atomic E-state index is 0.00338. The molecule has 14 heavy (non-hydrogen) atoms. The Balaban J connectivity index is 2.39. The molecular formula is C11H11ClO2. The second-order valence-corrected chi connectivity index (χ2v) is 3.88. The summed E-state index contributed by atoms with van der Waals surface area (Å²) < 4.78 is 5.19. The number of ketones is 1. The average molecular weight is 211 g/mol. The molecule has 1 aliphatic carbocycles. The third-order valence-corrected chi connectivity index (χ3v) is 2.87. The van der Waals surface area contributed by atoms with Crippen molar-refractivity contribution in [2.24, 2.45) is 0 Å². The van der Waals surface area contributed by atoms with Crippen molar-refractivity contribution in [3.63, 3.8) is 0 Å². The first-order valence-corrected chi connectivity index (χ1v) is 4.96. The lowest BCUT2D eigenvalue weighted by Gasteiger charge is -2.25. The fourth-order valence-corrected chi connectivity index (χ4v) is 1.89. The summed E-state index contributed by atoms with van der Waals surface area (Å²) in [5.41, 5.74) is 0.927. The number of carbonyl (C=O) groups is 1. The number of rotatable bonds is 2. The van der Waals surface area contributed by atoms with E-state index in [0.29, 0.717) is 11.4 Å². The van der Waals surface area contributed by atoms with Gasteiger partial charge in [-0.05, 0) is 24.6 Å². The Hall–Kier alpha value is -1.02. The fourth-order valence-electron chi connectivity index (χ4n) is 1.71. The molecule has 1 saturated carbocycles. The molecule has 1 fully saturated rings. The average Bonchev–Trinajstić information content (AvgIpc) is 2.16. The second kappa shape index (κ2) is 3.62. The van der Waals surface area contributed by atoms with Gasteiger partial charge in [0.2, 0.25) is 0 Å². The third kappa shape index (κ3) is 1.50. The van der Waals surface area contributed by atoms with Crippen molar-refractivity contribution >= 4 is 17.4 Å². The molecule has 0 N–H and O–H groups in total. The Bertz CT molecular complexity index is 374. The summed E-state index contributed by atoms with van der Waals surface area (Å²) in [6.45, 7) is 0. The van der Waals surface area contributed by atoms with Crippen LogP contribution in [0.25, 0.3) is 0 Å². The topological polar surface area (TPSA) is 26.3 Å². The Morgan fingerprint density at radius 1 is 1.50 bits per heavy atom. The summed E-state index contributed by atoms with van der Waals surface area (Å²) in [5.74, 6) is 1.04. The normalized spacial score (nSPS) is 20.4. The van der Waals surface area contributed by atoms with Gasteiger partial charge in [0.05, 0.1) is 7.11 Å². The van der Waals surface area contributed by atoms with Gasteiger partial charge in [-0.2, -0.15) is 0 Å². The van der Waals surface area contributed by atoms with Crippen molar-refractivity contribution < 1.29 is 9.53 Å². The zero-order valence-corrected chi connectivity index (χ0v) is 8.67. The quantitative estimate of drug-likeness (QED) is 0.751. The second-order valence-electron chi connectivity index (χ2n) is 3.44. The first kappa shape index (κ1) is 9.53. The molecule has 0 saturated heterocycles. The van der Waals surface area contributed by atoms with Crippen LogP contribution in [0.1, 0.15) is 24.3 Å². The zero-order valence-electron chi connectivity index (χ0n) is 7.92. The van der Waals surface area contributed by atoms with Crippen LogP contribution < -0.4 is 4.74 Å². The zero-order chi connectivity index (χ0) is 10.1. The number of ether oxygens (including phenoxy) is 1. The highest BCUT2D eigenvalue weighted by molar-refractivity contribution is 6.30. The molecule has 2 nitrogen and oxygen atoms in total. The molecule has 0 aromatic heterocycles. The maximum atomic E-state index is 11.3. The van der Waals surface area contributed by atoms with Gasteiger partial charge in [0.15, 0.2) is 0 Å². The summed E-state index contributed by atoms with van der Waals surface area (Å²) in [5, 5.41) is 0.653. The number of benzene rings is 1. The number of hydrogen-bond donors (Lipinski definition) is 0. The van der Waals surface area contributed by atoms with E-state index in [2.05, 4.69) is 0 Å². The minimum Gasteiger partial charge on any atom is -0.496 e. The molecule has 0 radical (unpaired) electrons. The van der Waals surface area contributed by atoms with E-state index < -0.39 is 0 Å². The lowest BCUT2D eigenvalue weighted by Crippen LogP contribution is -2.23. The van der Waals surface area contributed by atoms with Gasteiger partial charge in [-0.1, -0.05) is 11.6 Å². The van der Waals surface area contributed by atoms with Crippen molar-refractivity contribution in [3.8, 4) is 5.75 Å². The van der Waals surface area contributed by atoms with E-state index in [-0.39, 0.29) is 11.7 Å². The monoisotopic (exact) mass is 210 g/mol. The lowest BCUT2D eigenvalue weighted by molar-refractivity contribution is -0.125. The molecular weight excluding hydrogens is 200 g/mol. The SMILES string of the molecule is COc1ccc(Cl)cc1C1CCC1=O. The van der Waals surface area contributed by atoms with E-state index in [1.807, 2.05) is 12.1 Å². The van der Waals surface area contributed by atoms with Crippen LogP contribution in [-0.4, -0.2) is 12.9 Å². The largest absolute Gasteiger partial charge is 0.496 e. The first-order chi connectivity index (χ1) is 6.72. The Morgan fingerprint density at radius 2 is 2.29 bits per heavy atom. The van der Waals surface area contributed by atoms with Crippen molar-refractivity contribution in [1.29, 1.82) is 0 Å². The maximum Gasteiger partial charge on any atom is 0.140 e. The molecule has 0 spiro atoms. The summed E-state index contributed by atoms with van der Waals surface area (Å²) >= 11 is 5.88. The van der Waals surface area contributed by atoms with Crippen molar-refractivity contribution in [1.82, 2.24) is 0 Å². The van der Waals surface area contributed by atoms with Crippen molar-refractivity contribution in [3.05, 3.63) is 28.8 Å². The molecule has 1 aliphatic rings. The number of hydrogen-bond acceptors (Lipinski definition) is 2. The third-order valence-electron chi connectivity index (χ3n) is 2.64. The van der Waals surface area contributed by atoms with Crippen molar-refractivity contribution in [2.75, 3.05) is 7.11 Å². The molecule has 2 rings (SSSR count). The van der Waals surface area contributed by atoms with Crippen LogP contribution in [0.15, 0.2) is 18.2 Å². The van der Waals surface area contributed by atoms with Gasteiger partial charge in [0.25, 0.3) is 0 Å². The predicted molar refractivity (Wildman–Crippen MR) is 55.0 cm³/mol. The predicted octanol–water partition coefficient (Wildman–Crippen LogP) is 2.80. The van der Waals surface area contributed by atoms with Gasteiger partial charge in [-0.15, -0.1) is 0 Å². The molecule has 1 unspecified atom stereocenters. The van der Waals surface area contributed by atoms with Crippen LogP contribution in [0.5, 0.6) is 5.75 Å². The van der Waals surface area contributed by atoms with Crippen LogP contribution in [0.4, 0.5) is 0 Å². The first-order valence-electron chi connectivity index (χ1n) is 4.58. The van der Waals surface area contributed by atoms with E-state index >= 15 is 0 Å². The van der Waals surface area contributed by atoms with Crippen LogP contribution >= 0.6 is 11.6 Å². The fraction of sp³-hybridized carbons (Fsp3) is 0.364. The number of halogens is 1. The highest BCUT2D eigenvalue weighted by atomic mass is 35.5. The molecule has 1 aromatic carbocycles. The Morgan fingerprint density at radius 3 is 2.79 bits per heavy atom. The molecule has 74 valence electrons. The van der Waals surface area contributed by atoms with E-state index in [9.17, 15) is 4.79 Å². The Labute approximate surface area is 87.8 Å². The highest BCUT2D eigenvalue weighted by Crippen LogP contribution is 2.39. The number of carbonyl (C=O) groups excluding carboxylic acids is 1.